The van der Waals surface area contributed by atoms with E-state index in [9.17, 15) is 0 Å². The lowest BCUT2D eigenvalue weighted by molar-refractivity contribution is 1.19. The van der Waals surface area contributed by atoms with Gasteiger partial charge in [0.2, 0.25) is 0 Å². The minimum Gasteiger partial charge on any atom is -0.310 e. The van der Waals surface area contributed by atoms with Gasteiger partial charge in [0, 0.05) is 33.1 Å². The van der Waals surface area contributed by atoms with Gasteiger partial charge in [0.05, 0.1) is 22.4 Å². The van der Waals surface area contributed by atoms with Crippen molar-refractivity contribution in [1.29, 1.82) is 0 Å². The molecule has 0 radical (unpaired) electrons. The molecule has 0 bridgehead atoms. The van der Waals surface area contributed by atoms with E-state index in [1.165, 1.54) is 71.6 Å². The predicted molar refractivity (Wildman–Crippen MR) is 229 cm³/mol. The van der Waals surface area contributed by atoms with Crippen LogP contribution in [0.25, 0.3) is 71.6 Å². The Balaban J connectivity index is 1.15. The summed E-state index contributed by atoms with van der Waals surface area (Å²) in [7, 11) is 0. The number of hydrogen-bond acceptors (Lipinski definition) is 1. The van der Waals surface area contributed by atoms with E-state index in [1.54, 1.807) is 0 Å². The Bertz CT molecular complexity index is 2900. The first-order valence-electron chi connectivity index (χ1n) is 18.5. The number of fused-ring (bicyclic) bond motifs is 4. The molecule has 2 heteroatoms. The van der Waals surface area contributed by atoms with Crippen molar-refractivity contribution in [1.82, 2.24) is 4.57 Å². The molecule has 1 aromatic heterocycles. The molecule has 0 saturated heterocycles. The molecule has 54 heavy (non-hydrogen) atoms. The van der Waals surface area contributed by atoms with E-state index >= 15 is 0 Å². The van der Waals surface area contributed by atoms with Crippen molar-refractivity contribution in [2.75, 3.05) is 4.90 Å². The molecule has 0 aliphatic rings. The number of nitrogens with zero attached hydrogens (tertiary/aromatic N) is 2. The van der Waals surface area contributed by atoms with E-state index in [-0.39, 0.29) is 0 Å². The molecule has 0 aliphatic heterocycles. The molecule has 2 nitrogen and oxygen atoms in total. The zero-order valence-electron chi connectivity index (χ0n) is 29.7. The molecule has 10 rings (SSSR count). The van der Waals surface area contributed by atoms with Crippen LogP contribution in [-0.2, 0) is 0 Å². The van der Waals surface area contributed by atoms with Crippen LogP contribution in [-0.4, -0.2) is 4.57 Å². The summed E-state index contributed by atoms with van der Waals surface area (Å²) in [6.07, 6.45) is 0. The van der Waals surface area contributed by atoms with Crippen LogP contribution in [0.4, 0.5) is 17.1 Å². The second kappa shape index (κ2) is 13.4. The average molecular weight is 689 g/mol. The largest absolute Gasteiger partial charge is 0.310 e. The molecule has 0 atom stereocenters. The summed E-state index contributed by atoms with van der Waals surface area (Å²) < 4.78 is 2.44. The lowest BCUT2D eigenvalue weighted by atomic mass is 9.99. The van der Waals surface area contributed by atoms with Crippen molar-refractivity contribution in [3.05, 3.63) is 218 Å². The van der Waals surface area contributed by atoms with Crippen LogP contribution in [0.15, 0.2) is 218 Å². The van der Waals surface area contributed by atoms with Crippen LogP contribution in [0.3, 0.4) is 0 Å². The van der Waals surface area contributed by atoms with Gasteiger partial charge >= 0.3 is 0 Å². The minimum atomic E-state index is 1.09. The normalized spacial score (nSPS) is 11.3. The van der Waals surface area contributed by atoms with Crippen LogP contribution >= 0.6 is 0 Å². The zero-order chi connectivity index (χ0) is 35.8. The van der Waals surface area contributed by atoms with Crippen molar-refractivity contribution in [2.45, 2.75) is 0 Å². The molecule has 0 fully saturated rings. The summed E-state index contributed by atoms with van der Waals surface area (Å²) in [6, 6.07) is 78.9. The second-order valence-corrected chi connectivity index (χ2v) is 13.8. The van der Waals surface area contributed by atoms with Crippen molar-refractivity contribution in [3.63, 3.8) is 0 Å². The van der Waals surface area contributed by atoms with Crippen LogP contribution in [0.5, 0.6) is 0 Å². The lowest BCUT2D eigenvalue weighted by Crippen LogP contribution is -2.11. The fourth-order valence-electron chi connectivity index (χ4n) is 8.01. The maximum Gasteiger partial charge on any atom is 0.0562 e. The minimum absolute atomic E-state index is 1.09. The van der Waals surface area contributed by atoms with Crippen molar-refractivity contribution in [3.8, 4) is 39.1 Å². The number of para-hydroxylation sites is 2. The van der Waals surface area contributed by atoms with Gasteiger partial charge in [-0.1, -0.05) is 176 Å². The van der Waals surface area contributed by atoms with E-state index in [4.69, 9.17) is 0 Å². The summed E-state index contributed by atoms with van der Waals surface area (Å²) in [6.45, 7) is 0. The Morgan fingerprint density at radius 3 is 1.57 bits per heavy atom. The molecule has 0 N–H and O–H groups in total. The van der Waals surface area contributed by atoms with E-state index in [0.717, 1.165) is 17.1 Å². The van der Waals surface area contributed by atoms with Crippen molar-refractivity contribution >= 4 is 49.6 Å². The fourth-order valence-corrected chi connectivity index (χ4v) is 8.01. The average Bonchev–Trinajstić information content (AvgIpc) is 3.58. The van der Waals surface area contributed by atoms with Crippen molar-refractivity contribution < 1.29 is 0 Å². The number of hydrogen-bond donors (Lipinski definition) is 0. The topological polar surface area (TPSA) is 8.17 Å². The van der Waals surface area contributed by atoms with Crippen molar-refractivity contribution in [2.24, 2.45) is 0 Å². The molecular weight excluding hydrogens is 653 g/mol. The molecule has 0 unspecified atom stereocenters. The maximum absolute atomic E-state index is 2.44. The second-order valence-electron chi connectivity index (χ2n) is 13.8. The van der Waals surface area contributed by atoms with Crippen LogP contribution in [0, 0.1) is 0 Å². The first kappa shape index (κ1) is 31.6. The monoisotopic (exact) mass is 688 g/mol. The van der Waals surface area contributed by atoms with Gasteiger partial charge in [-0.05, 0) is 75.7 Å². The summed E-state index contributed by atoms with van der Waals surface area (Å²) >= 11 is 0. The molecule has 0 amide bonds. The van der Waals surface area contributed by atoms with E-state index in [1.807, 2.05) is 0 Å². The Morgan fingerprint density at radius 1 is 0.315 bits per heavy atom. The highest BCUT2D eigenvalue weighted by Crippen LogP contribution is 2.44. The van der Waals surface area contributed by atoms with Gasteiger partial charge < -0.3 is 9.47 Å². The first-order valence-corrected chi connectivity index (χ1v) is 18.5. The van der Waals surface area contributed by atoms with E-state index in [0.29, 0.717) is 0 Å². The number of anilines is 3. The molecule has 254 valence electrons. The highest BCUT2D eigenvalue weighted by molar-refractivity contribution is 6.11. The van der Waals surface area contributed by atoms with Crippen LogP contribution < -0.4 is 4.90 Å². The summed E-state index contributed by atoms with van der Waals surface area (Å²) in [5.41, 5.74) is 14.0. The molecule has 0 aliphatic carbocycles. The highest BCUT2D eigenvalue weighted by atomic mass is 15.1. The predicted octanol–water partition coefficient (Wildman–Crippen LogP) is 14.4. The summed E-state index contributed by atoms with van der Waals surface area (Å²) in [5, 5.41) is 4.93. The molecule has 0 saturated carbocycles. The van der Waals surface area contributed by atoms with Gasteiger partial charge in [0.15, 0.2) is 0 Å². The lowest BCUT2D eigenvalue weighted by Gasteiger charge is -2.28. The van der Waals surface area contributed by atoms with Gasteiger partial charge in [-0.15, -0.1) is 0 Å². The fraction of sp³-hybridized carbons (Fsp3) is 0. The van der Waals surface area contributed by atoms with Gasteiger partial charge in [-0.3, -0.25) is 0 Å². The number of aromatic nitrogens is 1. The van der Waals surface area contributed by atoms with E-state index < -0.39 is 0 Å². The van der Waals surface area contributed by atoms with Gasteiger partial charge in [-0.25, -0.2) is 0 Å². The third kappa shape index (κ3) is 5.53. The van der Waals surface area contributed by atoms with E-state index in [2.05, 4.69) is 228 Å². The first-order chi connectivity index (χ1) is 26.8. The Hall–Kier alpha value is -7.16. The third-order valence-electron chi connectivity index (χ3n) is 10.6. The number of rotatable bonds is 7. The third-order valence-corrected chi connectivity index (χ3v) is 10.6. The molecule has 9 aromatic carbocycles. The summed E-state index contributed by atoms with van der Waals surface area (Å²) in [5.74, 6) is 0. The maximum atomic E-state index is 2.44. The molecular formula is C52H36N2. The molecule has 1 heterocycles. The molecule has 10 aromatic rings. The van der Waals surface area contributed by atoms with Gasteiger partial charge in [-0.2, -0.15) is 0 Å². The standard InChI is InChI=1S/C52H36N2/c1-3-14-37(15-4-1)38-26-28-39(29-27-38)40-30-32-43(33-31-40)53(49-23-11-9-21-45(49)41-16-5-2-6-17-41)44-34-35-48-47-22-10-12-24-51(47)54(52(48)36-44)50-25-13-19-42-18-7-8-20-46(42)50/h1-36H. The van der Waals surface area contributed by atoms with Gasteiger partial charge in [0.1, 0.15) is 0 Å². The Kier molecular flexibility index (Phi) is 7.85. The molecule has 0 spiro atoms. The number of benzene rings is 9. The highest BCUT2D eigenvalue weighted by Gasteiger charge is 2.20. The summed E-state index contributed by atoms with van der Waals surface area (Å²) in [4.78, 5) is 2.41. The quantitative estimate of drug-likeness (QED) is 0.162. The smallest absolute Gasteiger partial charge is 0.0562 e. The van der Waals surface area contributed by atoms with Gasteiger partial charge in [0.25, 0.3) is 0 Å². The SMILES string of the molecule is c1ccc(-c2ccc(-c3ccc(N(c4ccc5c6ccccc6n(-c6cccc7ccccc67)c5c4)c4ccccc4-c4ccccc4)cc3)cc2)cc1. The Morgan fingerprint density at radius 2 is 0.833 bits per heavy atom. The van der Waals surface area contributed by atoms with Crippen LogP contribution in [0.1, 0.15) is 0 Å². The zero-order valence-corrected chi connectivity index (χ0v) is 29.7. The van der Waals surface area contributed by atoms with Crippen LogP contribution in [0.2, 0.25) is 0 Å². The Labute approximate surface area is 315 Å².